The molecule has 0 bridgehead atoms. The van der Waals surface area contributed by atoms with E-state index in [1.54, 1.807) is 6.07 Å². The van der Waals surface area contributed by atoms with Gasteiger partial charge in [-0.05, 0) is 18.6 Å². The van der Waals surface area contributed by atoms with E-state index in [4.69, 9.17) is 0 Å². The normalized spacial score (nSPS) is 13.1. The van der Waals surface area contributed by atoms with E-state index >= 15 is 0 Å². The van der Waals surface area contributed by atoms with Crippen molar-refractivity contribution in [1.82, 2.24) is 0 Å². The summed E-state index contributed by atoms with van der Waals surface area (Å²) in [7, 11) is 0. The molecular weight excluding hydrogens is 195 g/mol. The molecule has 2 heteroatoms. The zero-order valence-corrected chi connectivity index (χ0v) is 7.23. The van der Waals surface area contributed by atoms with E-state index in [1.165, 1.54) is 6.92 Å². The van der Waals surface area contributed by atoms with E-state index in [2.05, 4.69) is 15.9 Å². The summed E-state index contributed by atoms with van der Waals surface area (Å²) in [6.07, 6.45) is -0.893. The summed E-state index contributed by atoms with van der Waals surface area (Å²) < 4.78 is 13.5. The summed E-state index contributed by atoms with van der Waals surface area (Å²) in [4.78, 5) is 0. The average molecular weight is 203 g/mol. The lowest BCUT2D eigenvalue weighted by Gasteiger charge is -2.02. The number of alkyl halides is 1. The van der Waals surface area contributed by atoms with Crippen LogP contribution in [0.2, 0.25) is 0 Å². The molecule has 1 aromatic rings. The maximum atomic E-state index is 12.7. The smallest absolute Gasteiger partial charge is 0.123 e. The van der Waals surface area contributed by atoms with Crippen LogP contribution in [-0.4, -0.2) is 0 Å². The number of benzene rings is 1. The van der Waals surface area contributed by atoms with Crippen LogP contribution < -0.4 is 0 Å². The summed E-state index contributed by atoms with van der Waals surface area (Å²) in [6, 6.07) is 7.31. The fourth-order valence-electron chi connectivity index (χ4n) is 0.798. The van der Waals surface area contributed by atoms with Crippen molar-refractivity contribution in [3.05, 3.63) is 34.3 Å². The first-order valence-corrected chi connectivity index (χ1v) is 3.89. The zero-order chi connectivity index (χ0) is 7.56. The Hall–Kier alpha value is -0.370. The van der Waals surface area contributed by atoms with E-state index in [0.29, 0.717) is 5.56 Å². The summed E-state index contributed by atoms with van der Waals surface area (Å²) >= 11 is 3.26. The van der Waals surface area contributed by atoms with E-state index in [1.807, 2.05) is 18.2 Å². The van der Waals surface area contributed by atoms with E-state index in [-0.39, 0.29) is 0 Å². The van der Waals surface area contributed by atoms with E-state index < -0.39 is 6.17 Å². The predicted molar refractivity (Wildman–Crippen MR) is 43.7 cm³/mol. The standard InChI is InChI=1S/C8H8BrF/c1-6(10)7-4-2-3-5-8(7)9/h2-6H,1H3/t6-/m1/s1. The van der Waals surface area contributed by atoms with Crippen LogP contribution in [0.4, 0.5) is 4.39 Å². The molecule has 0 nitrogen and oxygen atoms in total. The number of halogens is 2. The van der Waals surface area contributed by atoms with Crippen LogP contribution in [0.1, 0.15) is 18.7 Å². The monoisotopic (exact) mass is 202 g/mol. The van der Waals surface area contributed by atoms with Gasteiger partial charge < -0.3 is 0 Å². The minimum absolute atomic E-state index is 0.711. The van der Waals surface area contributed by atoms with Crippen LogP contribution in [0.5, 0.6) is 0 Å². The predicted octanol–water partition coefficient (Wildman–Crippen LogP) is 3.48. The maximum Gasteiger partial charge on any atom is 0.123 e. The van der Waals surface area contributed by atoms with Crippen molar-refractivity contribution in [2.24, 2.45) is 0 Å². The van der Waals surface area contributed by atoms with Gasteiger partial charge in [-0.3, -0.25) is 0 Å². The molecule has 0 amide bonds. The van der Waals surface area contributed by atoms with Gasteiger partial charge in [0.2, 0.25) is 0 Å². The van der Waals surface area contributed by atoms with E-state index in [9.17, 15) is 4.39 Å². The lowest BCUT2D eigenvalue weighted by atomic mass is 10.1. The molecular formula is C8H8BrF. The second-order valence-electron chi connectivity index (χ2n) is 2.14. The Labute approximate surface area is 68.2 Å². The average Bonchev–Trinajstić information content (AvgIpc) is 1.88. The summed E-state index contributed by atoms with van der Waals surface area (Å²) in [6.45, 7) is 1.53. The van der Waals surface area contributed by atoms with Gasteiger partial charge in [0.15, 0.2) is 0 Å². The minimum Gasteiger partial charge on any atom is -0.243 e. The molecule has 0 N–H and O–H groups in total. The molecule has 0 aromatic heterocycles. The fraction of sp³-hybridized carbons (Fsp3) is 0.250. The van der Waals surface area contributed by atoms with Gasteiger partial charge in [-0.25, -0.2) is 4.39 Å². The first kappa shape index (κ1) is 7.73. The highest BCUT2D eigenvalue weighted by atomic mass is 79.9. The molecule has 0 unspecified atom stereocenters. The van der Waals surface area contributed by atoms with Crippen LogP contribution in [-0.2, 0) is 0 Å². The number of hydrogen-bond acceptors (Lipinski definition) is 0. The van der Waals surface area contributed by atoms with Crippen molar-refractivity contribution in [3.8, 4) is 0 Å². The van der Waals surface area contributed by atoms with Crippen LogP contribution in [0, 0.1) is 0 Å². The maximum absolute atomic E-state index is 12.7. The Bertz CT molecular complexity index is 220. The van der Waals surface area contributed by atoms with Gasteiger partial charge >= 0.3 is 0 Å². The molecule has 10 heavy (non-hydrogen) atoms. The van der Waals surface area contributed by atoms with Gasteiger partial charge in [0, 0.05) is 4.47 Å². The molecule has 0 fully saturated rings. The lowest BCUT2D eigenvalue weighted by Crippen LogP contribution is -1.85. The molecule has 1 rings (SSSR count). The molecule has 54 valence electrons. The second-order valence-corrected chi connectivity index (χ2v) is 2.99. The fourth-order valence-corrected chi connectivity index (χ4v) is 1.40. The Morgan fingerprint density at radius 1 is 1.40 bits per heavy atom. The van der Waals surface area contributed by atoms with Crippen molar-refractivity contribution in [1.29, 1.82) is 0 Å². The topological polar surface area (TPSA) is 0 Å². The summed E-state index contributed by atoms with van der Waals surface area (Å²) in [5.41, 5.74) is 0.711. The van der Waals surface area contributed by atoms with Gasteiger partial charge in [-0.15, -0.1) is 0 Å². The highest BCUT2D eigenvalue weighted by Gasteiger charge is 2.04. The van der Waals surface area contributed by atoms with Gasteiger partial charge in [0.05, 0.1) is 0 Å². The molecule has 0 aliphatic rings. The molecule has 0 saturated carbocycles. The van der Waals surface area contributed by atoms with Gasteiger partial charge in [-0.2, -0.15) is 0 Å². The Morgan fingerprint density at radius 3 is 2.40 bits per heavy atom. The first-order chi connectivity index (χ1) is 4.72. The third-order valence-corrected chi connectivity index (χ3v) is 2.06. The Kier molecular flexibility index (Phi) is 2.44. The molecule has 0 heterocycles. The zero-order valence-electron chi connectivity index (χ0n) is 5.64. The molecule has 0 saturated heterocycles. The summed E-state index contributed by atoms with van der Waals surface area (Å²) in [5.74, 6) is 0. The molecule has 0 aliphatic carbocycles. The van der Waals surface area contributed by atoms with Gasteiger partial charge in [0.25, 0.3) is 0 Å². The first-order valence-electron chi connectivity index (χ1n) is 3.10. The molecule has 0 radical (unpaired) electrons. The molecule has 1 aromatic carbocycles. The molecule has 0 spiro atoms. The number of hydrogen-bond donors (Lipinski definition) is 0. The van der Waals surface area contributed by atoms with Crippen molar-refractivity contribution in [3.63, 3.8) is 0 Å². The molecule has 1 atom stereocenters. The lowest BCUT2D eigenvalue weighted by molar-refractivity contribution is 0.373. The van der Waals surface area contributed by atoms with Crippen molar-refractivity contribution in [2.75, 3.05) is 0 Å². The highest BCUT2D eigenvalue weighted by Crippen LogP contribution is 2.24. The Morgan fingerprint density at radius 2 is 2.00 bits per heavy atom. The SMILES string of the molecule is C[C@@H](F)c1ccccc1Br. The summed E-state index contributed by atoms with van der Waals surface area (Å²) in [5, 5.41) is 0. The van der Waals surface area contributed by atoms with Crippen LogP contribution in [0.25, 0.3) is 0 Å². The quantitative estimate of drug-likeness (QED) is 0.655. The van der Waals surface area contributed by atoms with Crippen LogP contribution >= 0.6 is 15.9 Å². The minimum atomic E-state index is -0.893. The van der Waals surface area contributed by atoms with Crippen LogP contribution in [0.3, 0.4) is 0 Å². The largest absolute Gasteiger partial charge is 0.243 e. The Balaban J connectivity index is 3.03. The van der Waals surface area contributed by atoms with Crippen molar-refractivity contribution in [2.45, 2.75) is 13.1 Å². The highest BCUT2D eigenvalue weighted by molar-refractivity contribution is 9.10. The number of rotatable bonds is 1. The third-order valence-electron chi connectivity index (χ3n) is 1.33. The van der Waals surface area contributed by atoms with Crippen molar-refractivity contribution >= 4 is 15.9 Å². The molecule has 0 aliphatic heterocycles. The van der Waals surface area contributed by atoms with E-state index in [0.717, 1.165) is 4.47 Å². The van der Waals surface area contributed by atoms with Gasteiger partial charge in [0.1, 0.15) is 6.17 Å². The third kappa shape index (κ3) is 1.57. The second kappa shape index (κ2) is 3.15. The van der Waals surface area contributed by atoms with Crippen LogP contribution in [0.15, 0.2) is 28.7 Å². The van der Waals surface area contributed by atoms with Crippen molar-refractivity contribution < 1.29 is 4.39 Å². The van der Waals surface area contributed by atoms with Gasteiger partial charge in [-0.1, -0.05) is 34.1 Å².